The van der Waals surface area contributed by atoms with Crippen molar-refractivity contribution in [1.29, 1.82) is 0 Å². The van der Waals surface area contributed by atoms with E-state index in [4.69, 9.17) is 0 Å². The lowest BCUT2D eigenvalue weighted by Gasteiger charge is -2.51. The van der Waals surface area contributed by atoms with Gasteiger partial charge in [0.2, 0.25) is 0 Å². The Morgan fingerprint density at radius 3 is 1.41 bits per heavy atom. The van der Waals surface area contributed by atoms with Crippen LogP contribution in [0.15, 0.2) is 0 Å². The second-order valence-electron chi connectivity index (χ2n) is 9.27. The Balaban J connectivity index is 2.16. The summed E-state index contributed by atoms with van der Waals surface area (Å²) in [6.07, 6.45) is 7.48. The summed E-state index contributed by atoms with van der Waals surface area (Å²) in [5.41, 5.74) is 0. The molecule has 0 heterocycles. The summed E-state index contributed by atoms with van der Waals surface area (Å²) < 4.78 is 0. The number of nitrogens with one attached hydrogen (secondary N) is 1. The largest absolute Gasteiger partial charge is 0.634 e. The first-order valence-electron chi connectivity index (χ1n) is 9.84. The predicted molar refractivity (Wildman–Crippen MR) is 94.6 cm³/mol. The average molecular weight is 310 g/mol. The number of hydroxylamine groups is 2. The van der Waals surface area contributed by atoms with Crippen LogP contribution in [-0.4, -0.2) is 12.1 Å². The molecule has 0 aromatic heterocycles. The van der Waals surface area contributed by atoms with Gasteiger partial charge in [0, 0.05) is 24.7 Å². The van der Waals surface area contributed by atoms with Crippen molar-refractivity contribution in [2.75, 3.05) is 0 Å². The molecule has 2 heteroatoms. The Labute approximate surface area is 138 Å². The van der Waals surface area contributed by atoms with Gasteiger partial charge in [-0.15, -0.1) is 0 Å². The molecule has 2 aliphatic rings. The number of hydrogen-bond acceptors (Lipinski definition) is 1. The topological polar surface area (TPSA) is 27.5 Å². The van der Waals surface area contributed by atoms with Gasteiger partial charge < -0.3 is 10.3 Å². The van der Waals surface area contributed by atoms with Crippen LogP contribution in [0.1, 0.15) is 80.1 Å². The Morgan fingerprint density at radius 2 is 1.09 bits per heavy atom. The molecule has 0 aliphatic heterocycles. The minimum absolute atomic E-state index is 0.347. The fourth-order valence-electron chi connectivity index (χ4n) is 5.33. The maximum absolute atomic E-state index is 13.5. The van der Waals surface area contributed by atoms with Crippen molar-refractivity contribution in [2.45, 2.75) is 92.2 Å². The Kier molecular flexibility index (Phi) is 6.36. The third-order valence-corrected chi connectivity index (χ3v) is 6.78. The van der Waals surface area contributed by atoms with Crippen molar-refractivity contribution in [1.82, 2.24) is 0 Å². The predicted octanol–water partition coefficient (Wildman–Crippen LogP) is 4.29. The Bertz CT molecular complexity index is 309. The van der Waals surface area contributed by atoms with Gasteiger partial charge in [0.1, 0.15) is 0 Å². The van der Waals surface area contributed by atoms with Crippen LogP contribution in [0.4, 0.5) is 0 Å². The zero-order chi connectivity index (χ0) is 16.4. The molecule has 130 valence electrons. The lowest BCUT2D eigenvalue weighted by Crippen LogP contribution is -3.17. The molecular formula is C20H39NO. The molecule has 2 fully saturated rings. The molecular weight excluding hydrogens is 270 g/mol. The minimum atomic E-state index is 0.347. The highest BCUT2D eigenvalue weighted by atomic mass is 16.5. The quantitative estimate of drug-likeness (QED) is 0.771. The van der Waals surface area contributed by atoms with Crippen LogP contribution in [0.2, 0.25) is 0 Å². The molecule has 6 atom stereocenters. The molecule has 0 radical (unpaired) electrons. The van der Waals surface area contributed by atoms with Gasteiger partial charge in [-0.05, 0) is 49.4 Å². The SMILES string of the molecule is CC1CCC(C(C)C)C([NH+]([O-])C2CC(C)CCC2C(C)C)C1. The van der Waals surface area contributed by atoms with Crippen LogP contribution in [-0.2, 0) is 0 Å². The highest BCUT2D eigenvalue weighted by Crippen LogP contribution is 2.35. The summed E-state index contributed by atoms with van der Waals surface area (Å²) in [7, 11) is 0. The van der Waals surface area contributed by atoms with Crippen molar-refractivity contribution in [3.05, 3.63) is 5.21 Å². The van der Waals surface area contributed by atoms with Gasteiger partial charge in [0.05, 0.1) is 12.1 Å². The van der Waals surface area contributed by atoms with E-state index in [2.05, 4.69) is 41.5 Å². The highest BCUT2D eigenvalue weighted by Gasteiger charge is 2.42. The zero-order valence-corrected chi connectivity index (χ0v) is 15.8. The van der Waals surface area contributed by atoms with Crippen molar-refractivity contribution < 1.29 is 5.06 Å². The third kappa shape index (κ3) is 4.06. The van der Waals surface area contributed by atoms with Gasteiger partial charge in [-0.2, -0.15) is 0 Å². The number of hydrogen-bond donors (Lipinski definition) is 1. The fourth-order valence-corrected chi connectivity index (χ4v) is 5.33. The minimum Gasteiger partial charge on any atom is -0.634 e. The van der Waals surface area contributed by atoms with E-state index in [0.717, 1.165) is 24.7 Å². The molecule has 0 saturated heterocycles. The molecule has 2 nitrogen and oxygen atoms in total. The Morgan fingerprint density at radius 1 is 0.727 bits per heavy atom. The van der Waals surface area contributed by atoms with Gasteiger partial charge in [0.15, 0.2) is 0 Å². The number of quaternary nitrogens is 1. The second kappa shape index (κ2) is 7.66. The van der Waals surface area contributed by atoms with Crippen molar-refractivity contribution in [3.8, 4) is 0 Å². The highest BCUT2D eigenvalue weighted by molar-refractivity contribution is 4.85. The van der Waals surface area contributed by atoms with Gasteiger partial charge in [-0.1, -0.05) is 41.5 Å². The summed E-state index contributed by atoms with van der Waals surface area (Å²) in [4.78, 5) is 0. The molecule has 0 amide bonds. The molecule has 0 aromatic carbocycles. The molecule has 6 unspecified atom stereocenters. The third-order valence-electron chi connectivity index (χ3n) is 6.78. The van der Waals surface area contributed by atoms with Gasteiger partial charge >= 0.3 is 0 Å². The lowest BCUT2D eigenvalue weighted by atomic mass is 9.70. The summed E-state index contributed by atoms with van der Waals surface area (Å²) in [5.74, 6) is 4.05. The molecule has 0 spiro atoms. The normalized spacial score (nSPS) is 41.9. The summed E-state index contributed by atoms with van der Waals surface area (Å²) in [5, 5.41) is 14.1. The maximum Gasteiger partial charge on any atom is 0.0907 e. The van der Waals surface area contributed by atoms with E-state index in [1.54, 1.807) is 0 Å². The average Bonchev–Trinajstić information content (AvgIpc) is 2.45. The van der Waals surface area contributed by atoms with E-state index >= 15 is 0 Å². The van der Waals surface area contributed by atoms with E-state index < -0.39 is 0 Å². The second-order valence-corrected chi connectivity index (χ2v) is 9.27. The van der Waals surface area contributed by atoms with E-state index in [1.807, 2.05) is 0 Å². The molecule has 0 aromatic rings. The zero-order valence-electron chi connectivity index (χ0n) is 15.8. The molecule has 2 rings (SSSR count). The monoisotopic (exact) mass is 309 g/mol. The molecule has 22 heavy (non-hydrogen) atoms. The van der Waals surface area contributed by atoms with E-state index in [0.29, 0.717) is 40.8 Å². The molecule has 0 bridgehead atoms. The van der Waals surface area contributed by atoms with Gasteiger partial charge in [0.25, 0.3) is 0 Å². The fraction of sp³-hybridized carbons (Fsp3) is 1.00. The van der Waals surface area contributed by atoms with Crippen LogP contribution >= 0.6 is 0 Å². The maximum atomic E-state index is 13.5. The van der Waals surface area contributed by atoms with Crippen molar-refractivity contribution in [2.24, 2.45) is 35.5 Å². The summed E-state index contributed by atoms with van der Waals surface area (Å²) in [6.45, 7) is 14.0. The van der Waals surface area contributed by atoms with Gasteiger partial charge in [-0.25, -0.2) is 0 Å². The van der Waals surface area contributed by atoms with Crippen molar-refractivity contribution in [3.63, 3.8) is 0 Å². The first kappa shape index (κ1) is 18.3. The van der Waals surface area contributed by atoms with E-state index in [1.165, 1.54) is 25.7 Å². The van der Waals surface area contributed by atoms with Crippen LogP contribution in [0.25, 0.3) is 0 Å². The van der Waals surface area contributed by atoms with Crippen LogP contribution in [0.5, 0.6) is 0 Å². The standard InChI is InChI=1S/C20H39NO/c1-13(2)17-9-7-15(5)11-19(17)21(22)20-12-16(6)8-10-18(20)14(3)4/h13-21H,7-12H2,1-6H3. The van der Waals surface area contributed by atoms with Crippen molar-refractivity contribution >= 4 is 0 Å². The van der Waals surface area contributed by atoms with Gasteiger partial charge in [-0.3, -0.25) is 0 Å². The summed E-state index contributed by atoms with van der Waals surface area (Å²) in [6, 6.07) is 0.695. The Hall–Kier alpha value is -0.0800. The van der Waals surface area contributed by atoms with E-state index in [-0.39, 0.29) is 0 Å². The molecule has 1 N–H and O–H groups in total. The molecule has 2 aliphatic carbocycles. The molecule has 2 saturated carbocycles. The van der Waals surface area contributed by atoms with Crippen LogP contribution in [0.3, 0.4) is 0 Å². The summed E-state index contributed by atoms with van der Waals surface area (Å²) >= 11 is 0. The van der Waals surface area contributed by atoms with E-state index in [9.17, 15) is 5.21 Å². The van der Waals surface area contributed by atoms with Crippen LogP contribution in [0, 0.1) is 40.7 Å². The first-order chi connectivity index (χ1) is 10.3. The number of rotatable bonds is 4. The lowest BCUT2D eigenvalue weighted by molar-refractivity contribution is -0.914. The van der Waals surface area contributed by atoms with Crippen LogP contribution < -0.4 is 5.06 Å². The first-order valence-corrected chi connectivity index (χ1v) is 9.84. The smallest absolute Gasteiger partial charge is 0.0907 e.